The van der Waals surface area contributed by atoms with Gasteiger partial charge in [0, 0.05) is 24.9 Å². The molecule has 23 heavy (non-hydrogen) atoms. The zero-order valence-electron chi connectivity index (χ0n) is 13.7. The Bertz CT molecular complexity index is 852. The van der Waals surface area contributed by atoms with Crippen molar-refractivity contribution in [1.29, 1.82) is 0 Å². The molecule has 4 rings (SSSR count). The Morgan fingerprint density at radius 2 is 1.65 bits per heavy atom. The third-order valence-corrected chi connectivity index (χ3v) is 5.03. The van der Waals surface area contributed by atoms with Gasteiger partial charge in [0.2, 0.25) is 0 Å². The lowest BCUT2D eigenvalue weighted by Crippen LogP contribution is -2.10. The number of hydrogen-bond donors (Lipinski definition) is 0. The van der Waals surface area contributed by atoms with Crippen molar-refractivity contribution in [2.75, 3.05) is 11.9 Å². The first-order valence-electron chi connectivity index (χ1n) is 8.21. The molecule has 0 bridgehead atoms. The number of para-hydroxylation sites is 1. The first-order chi connectivity index (χ1) is 11.2. The first kappa shape index (κ1) is 14.1. The molecule has 0 N–H and O–H groups in total. The van der Waals surface area contributed by atoms with Gasteiger partial charge in [-0.25, -0.2) is 0 Å². The molecule has 2 aromatic rings. The van der Waals surface area contributed by atoms with Crippen LogP contribution in [0, 0.1) is 0 Å². The standard InChI is InChI=1S/C22H21N/c1-16-17(14-18-8-3-5-12-21(16)18)10-7-11-20-15-19-9-4-6-13-22(19)23(20)2/h3-13H,14-15H2,1-2H3. The maximum absolute atomic E-state index is 2.30. The van der Waals surface area contributed by atoms with Crippen LogP contribution in [0.25, 0.3) is 5.57 Å². The van der Waals surface area contributed by atoms with Crippen LogP contribution in [0.2, 0.25) is 0 Å². The largest absolute Gasteiger partial charge is 0.348 e. The minimum absolute atomic E-state index is 1.02. The zero-order valence-corrected chi connectivity index (χ0v) is 13.7. The summed E-state index contributed by atoms with van der Waals surface area (Å²) < 4.78 is 0. The van der Waals surface area contributed by atoms with Crippen LogP contribution in [0.4, 0.5) is 5.69 Å². The molecule has 0 amide bonds. The van der Waals surface area contributed by atoms with Gasteiger partial charge in [0.05, 0.1) is 0 Å². The fraction of sp³-hybridized carbons (Fsp3) is 0.182. The van der Waals surface area contributed by atoms with Gasteiger partial charge in [-0.1, -0.05) is 54.6 Å². The van der Waals surface area contributed by atoms with E-state index in [-0.39, 0.29) is 0 Å². The van der Waals surface area contributed by atoms with Crippen molar-refractivity contribution in [2.24, 2.45) is 0 Å². The molecule has 2 aromatic carbocycles. The number of hydrogen-bond acceptors (Lipinski definition) is 1. The highest BCUT2D eigenvalue weighted by Gasteiger charge is 2.19. The van der Waals surface area contributed by atoms with Crippen LogP contribution < -0.4 is 4.90 Å². The first-order valence-corrected chi connectivity index (χ1v) is 8.21. The number of fused-ring (bicyclic) bond motifs is 2. The van der Waals surface area contributed by atoms with E-state index in [0.717, 1.165) is 12.8 Å². The Labute approximate surface area is 138 Å². The maximum atomic E-state index is 2.30. The predicted octanol–water partition coefficient (Wildman–Crippen LogP) is 5.15. The Morgan fingerprint density at radius 1 is 0.913 bits per heavy atom. The van der Waals surface area contributed by atoms with Gasteiger partial charge in [-0.05, 0) is 53.3 Å². The fourth-order valence-corrected chi connectivity index (χ4v) is 3.64. The van der Waals surface area contributed by atoms with E-state index in [1.807, 2.05) is 0 Å². The Balaban J connectivity index is 1.55. The van der Waals surface area contributed by atoms with Crippen molar-refractivity contribution in [3.63, 3.8) is 0 Å². The Hall–Kier alpha value is -2.54. The van der Waals surface area contributed by atoms with Gasteiger partial charge >= 0.3 is 0 Å². The highest BCUT2D eigenvalue weighted by molar-refractivity contribution is 5.77. The highest BCUT2D eigenvalue weighted by atomic mass is 15.1. The molecule has 114 valence electrons. The Kier molecular flexibility index (Phi) is 3.42. The molecule has 1 aliphatic heterocycles. The van der Waals surface area contributed by atoms with E-state index in [0.29, 0.717) is 0 Å². The highest BCUT2D eigenvalue weighted by Crippen LogP contribution is 2.34. The van der Waals surface area contributed by atoms with E-state index < -0.39 is 0 Å². The zero-order chi connectivity index (χ0) is 15.8. The lowest BCUT2D eigenvalue weighted by Gasteiger charge is -2.13. The number of nitrogens with zero attached hydrogens (tertiary/aromatic N) is 1. The summed E-state index contributed by atoms with van der Waals surface area (Å²) in [4.78, 5) is 2.30. The van der Waals surface area contributed by atoms with Gasteiger partial charge in [0.15, 0.2) is 0 Å². The smallest absolute Gasteiger partial charge is 0.0442 e. The SMILES string of the molecule is CC1=C(C=CC=C2Cc3ccccc3N2C)Cc2ccccc21. The van der Waals surface area contributed by atoms with Crippen LogP contribution in [0.1, 0.15) is 23.6 Å². The summed E-state index contributed by atoms with van der Waals surface area (Å²) in [6.45, 7) is 2.23. The van der Waals surface area contributed by atoms with Crippen molar-refractivity contribution < 1.29 is 0 Å². The van der Waals surface area contributed by atoms with Crippen LogP contribution in [0.15, 0.2) is 78.0 Å². The summed E-state index contributed by atoms with van der Waals surface area (Å²) in [5, 5.41) is 0. The molecule has 0 spiro atoms. The van der Waals surface area contributed by atoms with Gasteiger partial charge in [0.25, 0.3) is 0 Å². The van der Waals surface area contributed by atoms with E-state index >= 15 is 0 Å². The second kappa shape index (κ2) is 5.58. The summed E-state index contributed by atoms with van der Waals surface area (Å²) in [7, 11) is 2.15. The summed E-state index contributed by atoms with van der Waals surface area (Å²) in [5.74, 6) is 0. The van der Waals surface area contributed by atoms with Crippen molar-refractivity contribution >= 4 is 11.3 Å². The maximum Gasteiger partial charge on any atom is 0.0442 e. The molecule has 1 heteroatoms. The summed E-state index contributed by atoms with van der Waals surface area (Å²) >= 11 is 0. The van der Waals surface area contributed by atoms with E-state index in [2.05, 4.69) is 85.6 Å². The van der Waals surface area contributed by atoms with Crippen molar-refractivity contribution in [1.82, 2.24) is 0 Å². The molecule has 0 aromatic heterocycles. The second-order valence-corrected chi connectivity index (χ2v) is 6.37. The van der Waals surface area contributed by atoms with E-state index in [1.165, 1.54) is 39.2 Å². The van der Waals surface area contributed by atoms with Crippen molar-refractivity contribution in [3.8, 4) is 0 Å². The number of anilines is 1. The summed E-state index contributed by atoms with van der Waals surface area (Å²) in [5.41, 5.74) is 9.80. The molecule has 1 nitrogen and oxygen atoms in total. The molecule has 0 saturated heterocycles. The predicted molar refractivity (Wildman–Crippen MR) is 98.5 cm³/mol. The van der Waals surface area contributed by atoms with Gasteiger partial charge < -0.3 is 4.90 Å². The van der Waals surface area contributed by atoms with Crippen molar-refractivity contribution in [2.45, 2.75) is 19.8 Å². The lowest BCUT2D eigenvalue weighted by molar-refractivity contribution is 1.10. The molecule has 2 aliphatic rings. The second-order valence-electron chi connectivity index (χ2n) is 6.37. The molecule has 1 aliphatic carbocycles. The number of likely N-dealkylation sites (N-methyl/N-ethyl adjacent to an activating group) is 1. The van der Waals surface area contributed by atoms with E-state index in [9.17, 15) is 0 Å². The Morgan fingerprint density at radius 3 is 2.43 bits per heavy atom. The number of rotatable bonds is 2. The van der Waals surface area contributed by atoms with Gasteiger partial charge in [-0.15, -0.1) is 0 Å². The third kappa shape index (κ3) is 2.43. The summed E-state index contributed by atoms with van der Waals surface area (Å²) in [6, 6.07) is 17.4. The molecule has 0 fully saturated rings. The molecule has 0 unspecified atom stereocenters. The van der Waals surface area contributed by atoms with Gasteiger partial charge in [-0.3, -0.25) is 0 Å². The quantitative estimate of drug-likeness (QED) is 0.741. The number of benzene rings is 2. The minimum Gasteiger partial charge on any atom is -0.348 e. The minimum atomic E-state index is 1.02. The lowest BCUT2D eigenvalue weighted by atomic mass is 10.1. The van der Waals surface area contributed by atoms with Gasteiger partial charge in [-0.2, -0.15) is 0 Å². The van der Waals surface area contributed by atoms with Crippen molar-refractivity contribution in [3.05, 3.63) is 94.7 Å². The van der Waals surface area contributed by atoms with Crippen LogP contribution >= 0.6 is 0 Å². The average Bonchev–Trinajstić information content (AvgIpc) is 3.07. The molecular formula is C22H21N. The van der Waals surface area contributed by atoms with Crippen LogP contribution in [0.3, 0.4) is 0 Å². The molecule has 0 atom stereocenters. The fourth-order valence-electron chi connectivity index (χ4n) is 3.64. The molecular weight excluding hydrogens is 278 g/mol. The van der Waals surface area contributed by atoms with Crippen LogP contribution in [-0.2, 0) is 12.8 Å². The van der Waals surface area contributed by atoms with Crippen LogP contribution in [-0.4, -0.2) is 7.05 Å². The average molecular weight is 299 g/mol. The summed E-state index contributed by atoms with van der Waals surface area (Å²) in [6.07, 6.45) is 8.82. The molecule has 0 radical (unpaired) electrons. The molecule has 1 heterocycles. The van der Waals surface area contributed by atoms with Crippen LogP contribution in [0.5, 0.6) is 0 Å². The monoisotopic (exact) mass is 299 g/mol. The van der Waals surface area contributed by atoms with E-state index in [1.54, 1.807) is 0 Å². The molecule has 0 saturated carbocycles. The third-order valence-electron chi connectivity index (χ3n) is 5.03. The van der Waals surface area contributed by atoms with Gasteiger partial charge in [0.1, 0.15) is 0 Å². The van der Waals surface area contributed by atoms with E-state index in [4.69, 9.17) is 0 Å². The topological polar surface area (TPSA) is 3.24 Å². The number of allylic oxidation sites excluding steroid dienone is 6. The normalized spacial score (nSPS) is 18.2.